The van der Waals surface area contributed by atoms with Gasteiger partial charge in [0.2, 0.25) is 0 Å². The third kappa shape index (κ3) is 2.61. The SMILES string of the molecule is Cc1cc(Oc2ccc3ccccc3c2)c(CCl)cn1. The summed E-state index contributed by atoms with van der Waals surface area (Å²) in [5.41, 5.74) is 1.81. The Morgan fingerprint density at radius 2 is 1.85 bits per heavy atom. The average Bonchev–Trinajstić information content (AvgIpc) is 2.47. The highest BCUT2D eigenvalue weighted by molar-refractivity contribution is 6.17. The largest absolute Gasteiger partial charge is 0.457 e. The Morgan fingerprint density at radius 3 is 2.65 bits per heavy atom. The first-order chi connectivity index (χ1) is 9.76. The second kappa shape index (κ2) is 5.51. The van der Waals surface area contributed by atoms with Crippen molar-refractivity contribution in [3.63, 3.8) is 0 Å². The summed E-state index contributed by atoms with van der Waals surface area (Å²) in [6.07, 6.45) is 1.76. The van der Waals surface area contributed by atoms with Crippen LogP contribution in [0.25, 0.3) is 10.8 Å². The minimum atomic E-state index is 0.385. The minimum Gasteiger partial charge on any atom is -0.457 e. The summed E-state index contributed by atoms with van der Waals surface area (Å²) >= 11 is 5.93. The molecule has 0 fully saturated rings. The molecule has 0 spiro atoms. The summed E-state index contributed by atoms with van der Waals surface area (Å²) in [7, 11) is 0. The standard InChI is InChI=1S/C17H14ClNO/c1-12-8-17(15(10-18)11-19-12)20-16-7-6-13-4-2-3-5-14(13)9-16/h2-9,11H,10H2,1H3. The number of alkyl halides is 1. The number of ether oxygens (including phenoxy) is 1. The Labute approximate surface area is 123 Å². The maximum Gasteiger partial charge on any atom is 0.135 e. The maximum absolute atomic E-state index is 5.96. The van der Waals surface area contributed by atoms with E-state index in [1.54, 1.807) is 6.20 Å². The van der Waals surface area contributed by atoms with Crippen molar-refractivity contribution in [3.8, 4) is 11.5 Å². The lowest BCUT2D eigenvalue weighted by molar-refractivity contribution is 0.477. The van der Waals surface area contributed by atoms with Crippen molar-refractivity contribution >= 4 is 22.4 Å². The number of aryl methyl sites for hydroxylation is 1. The molecule has 100 valence electrons. The van der Waals surface area contributed by atoms with E-state index in [0.717, 1.165) is 28.1 Å². The van der Waals surface area contributed by atoms with Gasteiger partial charge in [-0.3, -0.25) is 4.98 Å². The van der Waals surface area contributed by atoms with Crippen molar-refractivity contribution in [1.29, 1.82) is 0 Å². The number of halogens is 1. The fraction of sp³-hybridized carbons (Fsp3) is 0.118. The van der Waals surface area contributed by atoms with E-state index in [1.807, 2.05) is 37.3 Å². The van der Waals surface area contributed by atoms with Crippen LogP contribution in [0, 0.1) is 6.92 Å². The zero-order valence-electron chi connectivity index (χ0n) is 11.1. The van der Waals surface area contributed by atoms with Gasteiger partial charge in [0, 0.05) is 23.5 Å². The Bertz CT molecular complexity index is 755. The fourth-order valence-corrected chi connectivity index (χ4v) is 2.32. The quantitative estimate of drug-likeness (QED) is 0.626. The highest BCUT2D eigenvalue weighted by Crippen LogP contribution is 2.29. The van der Waals surface area contributed by atoms with Gasteiger partial charge in [-0.15, -0.1) is 11.6 Å². The minimum absolute atomic E-state index is 0.385. The lowest BCUT2D eigenvalue weighted by Crippen LogP contribution is -1.93. The molecular weight excluding hydrogens is 270 g/mol. The number of pyridine rings is 1. The van der Waals surface area contributed by atoms with Gasteiger partial charge in [-0.2, -0.15) is 0 Å². The molecule has 1 aromatic heterocycles. The zero-order chi connectivity index (χ0) is 13.9. The van der Waals surface area contributed by atoms with Gasteiger partial charge in [0.1, 0.15) is 11.5 Å². The molecule has 1 heterocycles. The predicted molar refractivity (Wildman–Crippen MR) is 82.6 cm³/mol. The molecule has 0 radical (unpaired) electrons. The van der Waals surface area contributed by atoms with E-state index in [4.69, 9.17) is 16.3 Å². The Hall–Kier alpha value is -2.06. The van der Waals surface area contributed by atoms with Crippen molar-refractivity contribution < 1.29 is 4.74 Å². The molecule has 0 aliphatic rings. The van der Waals surface area contributed by atoms with E-state index in [2.05, 4.69) is 23.2 Å². The molecule has 0 bridgehead atoms. The molecule has 0 N–H and O–H groups in total. The summed E-state index contributed by atoms with van der Waals surface area (Å²) in [6.45, 7) is 1.94. The van der Waals surface area contributed by atoms with Crippen molar-refractivity contribution in [2.24, 2.45) is 0 Å². The topological polar surface area (TPSA) is 22.1 Å². The molecule has 0 atom stereocenters. The first-order valence-corrected chi connectivity index (χ1v) is 6.98. The number of rotatable bonds is 3. The van der Waals surface area contributed by atoms with E-state index in [-0.39, 0.29) is 0 Å². The maximum atomic E-state index is 5.96. The number of benzene rings is 2. The van der Waals surface area contributed by atoms with Crippen LogP contribution < -0.4 is 4.74 Å². The number of fused-ring (bicyclic) bond motifs is 1. The zero-order valence-corrected chi connectivity index (χ0v) is 11.9. The number of nitrogens with zero attached hydrogens (tertiary/aromatic N) is 1. The van der Waals surface area contributed by atoms with Gasteiger partial charge >= 0.3 is 0 Å². The molecule has 0 amide bonds. The highest BCUT2D eigenvalue weighted by atomic mass is 35.5. The van der Waals surface area contributed by atoms with E-state index in [0.29, 0.717) is 5.88 Å². The van der Waals surface area contributed by atoms with Gasteiger partial charge in [-0.1, -0.05) is 30.3 Å². The monoisotopic (exact) mass is 283 g/mol. The molecule has 0 saturated carbocycles. The molecular formula is C17H14ClNO. The van der Waals surface area contributed by atoms with Gasteiger partial charge in [0.15, 0.2) is 0 Å². The van der Waals surface area contributed by atoms with E-state index in [1.165, 1.54) is 5.39 Å². The van der Waals surface area contributed by atoms with Crippen LogP contribution in [-0.4, -0.2) is 4.98 Å². The summed E-state index contributed by atoms with van der Waals surface area (Å²) in [6, 6.07) is 16.2. The van der Waals surface area contributed by atoms with E-state index < -0.39 is 0 Å². The molecule has 3 aromatic rings. The second-order valence-electron chi connectivity index (χ2n) is 4.68. The van der Waals surface area contributed by atoms with Gasteiger partial charge < -0.3 is 4.74 Å². The summed E-state index contributed by atoms with van der Waals surface area (Å²) in [5, 5.41) is 2.35. The lowest BCUT2D eigenvalue weighted by atomic mass is 10.1. The highest BCUT2D eigenvalue weighted by Gasteiger charge is 2.06. The van der Waals surface area contributed by atoms with Crippen LogP contribution in [0.15, 0.2) is 54.7 Å². The second-order valence-corrected chi connectivity index (χ2v) is 4.95. The van der Waals surface area contributed by atoms with E-state index >= 15 is 0 Å². The molecule has 2 nitrogen and oxygen atoms in total. The van der Waals surface area contributed by atoms with Crippen LogP contribution >= 0.6 is 11.6 Å². The Kier molecular flexibility index (Phi) is 3.57. The third-order valence-electron chi connectivity index (χ3n) is 3.17. The van der Waals surface area contributed by atoms with Gasteiger partial charge in [0.05, 0.1) is 5.88 Å². The smallest absolute Gasteiger partial charge is 0.135 e. The summed E-state index contributed by atoms with van der Waals surface area (Å²) < 4.78 is 5.96. The van der Waals surface area contributed by atoms with Crippen molar-refractivity contribution in [3.05, 3.63) is 66.0 Å². The first-order valence-electron chi connectivity index (χ1n) is 6.44. The summed E-state index contributed by atoms with van der Waals surface area (Å²) in [5.74, 6) is 1.96. The van der Waals surface area contributed by atoms with Gasteiger partial charge in [-0.25, -0.2) is 0 Å². The molecule has 0 aliphatic heterocycles. The predicted octanol–water partition coefficient (Wildman–Crippen LogP) is 5.07. The Morgan fingerprint density at radius 1 is 1.05 bits per heavy atom. The van der Waals surface area contributed by atoms with Crippen molar-refractivity contribution in [2.45, 2.75) is 12.8 Å². The average molecular weight is 284 g/mol. The molecule has 3 rings (SSSR count). The lowest BCUT2D eigenvalue weighted by Gasteiger charge is -2.10. The normalized spacial score (nSPS) is 10.7. The van der Waals surface area contributed by atoms with Crippen molar-refractivity contribution in [1.82, 2.24) is 4.98 Å². The number of hydrogen-bond donors (Lipinski definition) is 0. The summed E-state index contributed by atoms with van der Waals surface area (Å²) in [4.78, 5) is 4.24. The molecule has 2 aromatic carbocycles. The molecule has 0 saturated heterocycles. The first kappa shape index (κ1) is 12.9. The molecule has 0 unspecified atom stereocenters. The van der Waals surface area contributed by atoms with Gasteiger partial charge in [-0.05, 0) is 29.8 Å². The van der Waals surface area contributed by atoms with Crippen LogP contribution in [0.2, 0.25) is 0 Å². The number of hydrogen-bond acceptors (Lipinski definition) is 2. The molecule has 3 heteroatoms. The van der Waals surface area contributed by atoms with Crippen LogP contribution in [0.4, 0.5) is 0 Å². The fourth-order valence-electron chi connectivity index (χ4n) is 2.12. The van der Waals surface area contributed by atoms with Crippen LogP contribution in [0.5, 0.6) is 11.5 Å². The molecule has 0 aliphatic carbocycles. The Balaban J connectivity index is 1.98. The third-order valence-corrected chi connectivity index (χ3v) is 3.46. The van der Waals surface area contributed by atoms with Crippen LogP contribution in [0.1, 0.15) is 11.3 Å². The van der Waals surface area contributed by atoms with Crippen molar-refractivity contribution in [2.75, 3.05) is 0 Å². The van der Waals surface area contributed by atoms with E-state index in [9.17, 15) is 0 Å². The van der Waals surface area contributed by atoms with Gasteiger partial charge in [0.25, 0.3) is 0 Å². The number of aromatic nitrogens is 1. The molecule has 20 heavy (non-hydrogen) atoms. The van der Waals surface area contributed by atoms with Crippen LogP contribution in [0.3, 0.4) is 0 Å². The van der Waals surface area contributed by atoms with Crippen LogP contribution in [-0.2, 0) is 5.88 Å².